The van der Waals surface area contributed by atoms with E-state index in [0.29, 0.717) is 12.8 Å². The third-order valence-corrected chi connectivity index (χ3v) is 9.59. The zero-order valence-corrected chi connectivity index (χ0v) is 35.9. The van der Waals surface area contributed by atoms with Crippen LogP contribution in [0.3, 0.4) is 0 Å². The van der Waals surface area contributed by atoms with Crippen LogP contribution in [-0.4, -0.2) is 54.6 Å². The summed E-state index contributed by atoms with van der Waals surface area (Å²) in [6, 6.07) is -1.09. The van der Waals surface area contributed by atoms with E-state index in [1.165, 1.54) is 77.6 Å². The van der Waals surface area contributed by atoms with E-state index in [9.17, 15) is 23.8 Å². The second-order valence-corrected chi connectivity index (χ2v) is 15.5. The predicted octanol–water partition coefficient (Wildman–Crippen LogP) is 11.5. The molecule has 0 saturated heterocycles. The van der Waals surface area contributed by atoms with E-state index in [1.54, 1.807) is 0 Å². The average Bonchev–Trinajstić information content (AvgIpc) is 3.17. The van der Waals surface area contributed by atoms with Gasteiger partial charge in [0, 0.05) is 12.8 Å². The van der Waals surface area contributed by atoms with Gasteiger partial charge in [-0.15, -0.1) is 0 Å². The molecule has 0 aliphatic heterocycles. The molecule has 10 nitrogen and oxygen atoms in total. The summed E-state index contributed by atoms with van der Waals surface area (Å²) >= 11 is 0. The lowest BCUT2D eigenvalue weighted by Crippen LogP contribution is -2.33. The molecule has 3 unspecified atom stereocenters. The van der Waals surface area contributed by atoms with Gasteiger partial charge in [-0.05, 0) is 64.7 Å². The predicted molar refractivity (Wildman–Crippen MR) is 229 cm³/mol. The molecule has 0 bridgehead atoms. The Morgan fingerprint density at radius 1 is 0.554 bits per heavy atom. The number of esters is 2. The minimum Gasteiger partial charge on any atom is -0.462 e. The number of phosphoric ester groups is 1. The summed E-state index contributed by atoms with van der Waals surface area (Å²) in [6.07, 6.45) is 46.1. The first-order valence-corrected chi connectivity index (χ1v) is 22.7. The molecule has 3 atom stereocenters. The van der Waals surface area contributed by atoms with Crippen molar-refractivity contribution in [3.63, 3.8) is 0 Å². The summed E-state index contributed by atoms with van der Waals surface area (Å²) in [5.74, 6) is -1.49. The third kappa shape index (κ3) is 38.0. The molecule has 0 aromatic heterocycles. The van der Waals surface area contributed by atoms with Crippen molar-refractivity contribution in [2.24, 2.45) is 5.73 Å². The van der Waals surface area contributed by atoms with E-state index in [2.05, 4.69) is 68.5 Å². The Kier molecular flexibility index (Phi) is 37.0. The molecule has 0 rings (SSSR count). The summed E-state index contributed by atoms with van der Waals surface area (Å²) < 4.78 is 32.9. The molecule has 56 heavy (non-hydrogen) atoms. The van der Waals surface area contributed by atoms with Crippen LogP contribution in [0.25, 0.3) is 0 Å². The van der Waals surface area contributed by atoms with Gasteiger partial charge < -0.3 is 20.1 Å². The van der Waals surface area contributed by atoms with Crippen LogP contribution in [0.2, 0.25) is 0 Å². The molecule has 3 N–H and O–H groups in total. The zero-order chi connectivity index (χ0) is 41.4. The Labute approximate surface area is 339 Å². The molecular weight excluding hydrogens is 729 g/mol. The van der Waals surface area contributed by atoms with Gasteiger partial charge in [-0.2, -0.15) is 0 Å². The highest BCUT2D eigenvalue weighted by Gasteiger charge is 2.27. The number of unbranched alkanes of at least 4 members (excludes halogenated alkanes) is 12. The summed E-state index contributed by atoms with van der Waals surface area (Å²) in [4.78, 5) is 46.4. The Morgan fingerprint density at radius 2 is 0.982 bits per heavy atom. The highest BCUT2D eigenvalue weighted by molar-refractivity contribution is 7.47. The van der Waals surface area contributed by atoms with Gasteiger partial charge in [-0.25, -0.2) is 4.57 Å². The topological polar surface area (TPSA) is 151 Å². The monoisotopic (exact) mass is 806 g/mol. The molecule has 11 heteroatoms. The third-order valence-electron chi connectivity index (χ3n) is 8.64. The number of carbonyl (C=O) groups excluding carboxylic acids is 3. The number of hydrogen-bond donors (Lipinski definition) is 2. The van der Waals surface area contributed by atoms with Gasteiger partial charge >= 0.3 is 19.8 Å². The molecular formula is C45H76NO9P. The van der Waals surface area contributed by atoms with Gasteiger partial charge in [0.05, 0.1) is 19.3 Å². The first-order chi connectivity index (χ1) is 27.1. The van der Waals surface area contributed by atoms with Crippen LogP contribution in [-0.2, 0) is 37.5 Å². The fraction of sp³-hybridized carbons (Fsp3) is 0.667. The van der Waals surface area contributed by atoms with E-state index in [-0.39, 0.29) is 19.4 Å². The normalized spacial score (nSPS) is 14.5. The summed E-state index contributed by atoms with van der Waals surface area (Å²) in [5, 5.41) is 0. The number of carbonyl (C=O) groups is 3. The summed E-state index contributed by atoms with van der Waals surface area (Å²) in [6.45, 7) is 4.20. The number of hydrogen-bond acceptors (Lipinski definition) is 9. The van der Waals surface area contributed by atoms with E-state index in [0.717, 1.165) is 44.9 Å². The first kappa shape index (κ1) is 53.1. The van der Waals surface area contributed by atoms with Crippen molar-refractivity contribution in [3.05, 3.63) is 72.9 Å². The lowest BCUT2D eigenvalue weighted by atomic mass is 10.1. The van der Waals surface area contributed by atoms with Gasteiger partial charge in [0.25, 0.3) is 0 Å². The van der Waals surface area contributed by atoms with E-state index < -0.39 is 50.9 Å². The van der Waals surface area contributed by atoms with Gasteiger partial charge in [-0.1, -0.05) is 157 Å². The van der Waals surface area contributed by atoms with Crippen LogP contribution in [0.5, 0.6) is 0 Å². The maximum absolute atomic E-state index is 12.6. The van der Waals surface area contributed by atoms with E-state index in [4.69, 9.17) is 24.3 Å². The number of Topliss-reactive ketones (excluding diaryl/α,β-unsaturated/α-hetero) is 1. The minimum atomic E-state index is -4.63. The Balaban J connectivity index is 4.56. The number of nitrogens with two attached hydrogens (primary N) is 1. The second kappa shape index (κ2) is 39.0. The van der Waals surface area contributed by atoms with Crippen LogP contribution in [0.1, 0.15) is 162 Å². The molecule has 320 valence electrons. The standard InChI is InChI=1S/C45H76NO9P/c1-4-6-8-10-12-14-16-18-20-21-23-25-27-29-31-33-35-37-45(49)55-42(39-53-56(50,51)54-40-43(46)41(3)47)38-52-44(48)36-34-32-30-28-26-24-22-19-17-15-13-11-9-7-5-2/h8,10,14,16,20-21,25,27,30-33,42-43H,4-7,9,11-13,15,17-19,22-24,26,28-29,34-40,46H2,1-3H3,(H,50,51)/b10-8-,16-14-,21-20-,27-25-,32-30-,33-31-. The van der Waals surface area contributed by atoms with Gasteiger partial charge in [-0.3, -0.25) is 23.4 Å². The van der Waals surface area contributed by atoms with Crippen LogP contribution < -0.4 is 5.73 Å². The molecule has 0 aliphatic carbocycles. The number of ketones is 1. The number of ether oxygens (including phenoxy) is 2. The Morgan fingerprint density at radius 3 is 1.50 bits per heavy atom. The highest BCUT2D eigenvalue weighted by Crippen LogP contribution is 2.43. The fourth-order valence-electron chi connectivity index (χ4n) is 5.18. The Hall–Kier alpha value is -2.88. The number of rotatable bonds is 38. The van der Waals surface area contributed by atoms with Gasteiger partial charge in [0.15, 0.2) is 6.10 Å². The molecule has 0 radical (unpaired) electrons. The quantitative estimate of drug-likeness (QED) is 0.0267. The number of phosphoric acid groups is 1. The summed E-state index contributed by atoms with van der Waals surface area (Å²) in [5.41, 5.74) is 5.57. The van der Waals surface area contributed by atoms with Crippen molar-refractivity contribution >= 4 is 25.5 Å². The number of allylic oxidation sites excluding steroid dienone is 12. The van der Waals surface area contributed by atoms with Crippen molar-refractivity contribution in [1.82, 2.24) is 0 Å². The lowest BCUT2D eigenvalue weighted by Gasteiger charge is -2.20. The smallest absolute Gasteiger partial charge is 0.462 e. The molecule has 0 aliphatic rings. The average molecular weight is 806 g/mol. The molecule has 0 aromatic rings. The molecule has 0 amide bonds. The van der Waals surface area contributed by atoms with Crippen molar-refractivity contribution in [2.75, 3.05) is 19.8 Å². The maximum Gasteiger partial charge on any atom is 0.472 e. The highest BCUT2D eigenvalue weighted by atomic mass is 31.2. The Bertz CT molecular complexity index is 1220. The van der Waals surface area contributed by atoms with Gasteiger partial charge in [0.2, 0.25) is 0 Å². The molecule has 0 spiro atoms. The van der Waals surface area contributed by atoms with E-state index >= 15 is 0 Å². The maximum atomic E-state index is 12.6. The lowest BCUT2D eigenvalue weighted by molar-refractivity contribution is -0.161. The van der Waals surface area contributed by atoms with Crippen molar-refractivity contribution in [3.8, 4) is 0 Å². The SMILES string of the molecule is CCC/C=C\C/C=C\C/C=C\C/C=C\C/C=C\CCC(=O)OC(COC(=O)CC/C=C\CCCCCCCCCCCCC)COP(=O)(O)OCC(N)C(C)=O. The fourth-order valence-corrected chi connectivity index (χ4v) is 5.95. The van der Waals surface area contributed by atoms with Crippen LogP contribution in [0, 0.1) is 0 Å². The molecule has 0 fully saturated rings. The summed E-state index contributed by atoms with van der Waals surface area (Å²) in [7, 11) is -4.63. The molecule has 0 heterocycles. The molecule has 0 saturated carbocycles. The van der Waals surface area contributed by atoms with E-state index in [1.807, 2.05) is 18.2 Å². The van der Waals surface area contributed by atoms with Crippen LogP contribution in [0.4, 0.5) is 0 Å². The van der Waals surface area contributed by atoms with Gasteiger partial charge in [0.1, 0.15) is 12.4 Å². The largest absolute Gasteiger partial charge is 0.472 e. The van der Waals surface area contributed by atoms with Crippen LogP contribution >= 0.6 is 7.82 Å². The van der Waals surface area contributed by atoms with Crippen molar-refractivity contribution in [2.45, 2.75) is 174 Å². The molecule has 0 aromatic carbocycles. The minimum absolute atomic E-state index is 0.0555. The first-order valence-electron chi connectivity index (χ1n) is 21.2. The zero-order valence-electron chi connectivity index (χ0n) is 35.0. The van der Waals surface area contributed by atoms with Crippen LogP contribution in [0.15, 0.2) is 72.9 Å². The van der Waals surface area contributed by atoms with Crippen molar-refractivity contribution in [1.29, 1.82) is 0 Å². The van der Waals surface area contributed by atoms with Crippen molar-refractivity contribution < 1.29 is 42.4 Å². The second-order valence-electron chi connectivity index (χ2n) is 14.0.